The first-order valence-electron chi connectivity index (χ1n) is 4.57. The van der Waals surface area contributed by atoms with Gasteiger partial charge in [0.05, 0.1) is 0 Å². The van der Waals surface area contributed by atoms with Gasteiger partial charge in [-0.3, -0.25) is 0 Å². The molecule has 1 N–H and O–H groups in total. The van der Waals surface area contributed by atoms with Crippen molar-refractivity contribution in [1.29, 1.82) is 0 Å². The number of halogens is 1. The van der Waals surface area contributed by atoms with Gasteiger partial charge in [-0.1, -0.05) is 12.1 Å². The molecule has 1 aromatic heterocycles. The second-order valence-electron chi connectivity index (χ2n) is 3.37. The van der Waals surface area contributed by atoms with Crippen LogP contribution in [-0.2, 0) is 13.5 Å². The van der Waals surface area contributed by atoms with Gasteiger partial charge in [-0.25, -0.2) is 0 Å². The highest BCUT2D eigenvalue weighted by Crippen LogP contribution is 2.28. The van der Waals surface area contributed by atoms with Crippen LogP contribution in [0.25, 0.3) is 10.9 Å². The molecule has 0 atom stereocenters. The molecule has 0 unspecified atom stereocenters. The van der Waals surface area contributed by atoms with E-state index >= 15 is 0 Å². The Labute approximate surface area is 91.3 Å². The van der Waals surface area contributed by atoms with Crippen molar-refractivity contribution < 1.29 is 5.11 Å². The Morgan fingerprint density at radius 2 is 2.21 bits per heavy atom. The van der Waals surface area contributed by atoms with E-state index in [1.54, 1.807) is 0 Å². The predicted molar refractivity (Wildman–Crippen MR) is 61.4 cm³/mol. The molecule has 74 valence electrons. The highest BCUT2D eigenvalue weighted by Gasteiger charge is 2.07. The lowest BCUT2D eigenvalue weighted by molar-refractivity contribution is 0.300. The zero-order valence-electron chi connectivity index (χ0n) is 8.00. The summed E-state index contributed by atoms with van der Waals surface area (Å²) in [6.45, 7) is 0.195. The zero-order valence-corrected chi connectivity index (χ0v) is 9.58. The number of aryl methyl sites for hydroxylation is 1. The summed E-state index contributed by atoms with van der Waals surface area (Å²) in [5.74, 6) is 0. The van der Waals surface area contributed by atoms with Gasteiger partial charge < -0.3 is 9.67 Å². The topological polar surface area (TPSA) is 25.2 Å². The van der Waals surface area contributed by atoms with Gasteiger partial charge in [0, 0.05) is 35.2 Å². The molecule has 1 heterocycles. The number of rotatable bonds is 2. The summed E-state index contributed by atoms with van der Waals surface area (Å²) < 4.78 is 3.18. The normalized spacial score (nSPS) is 11.1. The van der Waals surface area contributed by atoms with Crippen LogP contribution in [0.5, 0.6) is 0 Å². The SMILES string of the molecule is Cn1cc(Br)c2c(CCO)cccc21. The van der Waals surface area contributed by atoms with E-state index in [9.17, 15) is 0 Å². The van der Waals surface area contributed by atoms with E-state index in [1.807, 2.05) is 19.3 Å². The van der Waals surface area contributed by atoms with Gasteiger partial charge in [-0.2, -0.15) is 0 Å². The van der Waals surface area contributed by atoms with Crippen LogP contribution in [0.3, 0.4) is 0 Å². The van der Waals surface area contributed by atoms with E-state index in [-0.39, 0.29) is 6.61 Å². The molecule has 0 aliphatic rings. The third kappa shape index (κ3) is 1.47. The van der Waals surface area contributed by atoms with Crippen LogP contribution in [-0.4, -0.2) is 16.3 Å². The number of aromatic nitrogens is 1. The number of fused-ring (bicyclic) bond motifs is 1. The predicted octanol–water partition coefficient (Wildman–Crippen LogP) is 2.48. The lowest BCUT2D eigenvalue weighted by Gasteiger charge is -2.02. The average molecular weight is 254 g/mol. The van der Waals surface area contributed by atoms with Gasteiger partial charge in [-0.15, -0.1) is 0 Å². The monoisotopic (exact) mass is 253 g/mol. The van der Waals surface area contributed by atoms with Gasteiger partial charge in [0.1, 0.15) is 0 Å². The fourth-order valence-corrected chi connectivity index (χ4v) is 2.55. The van der Waals surface area contributed by atoms with Crippen molar-refractivity contribution >= 4 is 26.8 Å². The third-order valence-electron chi connectivity index (χ3n) is 2.44. The van der Waals surface area contributed by atoms with Crippen molar-refractivity contribution in [2.75, 3.05) is 6.61 Å². The Morgan fingerprint density at radius 1 is 1.43 bits per heavy atom. The smallest absolute Gasteiger partial charge is 0.0492 e. The molecule has 0 aliphatic carbocycles. The standard InChI is InChI=1S/C11H12BrNO/c1-13-7-9(12)11-8(5-6-14)3-2-4-10(11)13/h2-4,7,14H,5-6H2,1H3. The summed E-state index contributed by atoms with van der Waals surface area (Å²) >= 11 is 3.54. The van der Waals surface area contributed by atoms with E-state index in [4.69, 9.17) is 5.11 Å². The maximum absolute atomic E-state index is 8.95. The number of benzene rings is 1. The molecule has 2 nitrogen and oxygen atoms in total. The lowest BCUT2D eigenvalue weighted by Crippen LogP contribution is -1.92. The van der Waals surface area contributed by atoms with Crippen molar-refractivity contribution in [1.82, 2.24) is 4.57 Å². The van der Waals surface area contributed by atoms with E-state index in [1.165, 1.54) is 16.5 Å². The molecule has 0 bridgehead atoms. The molecule has 0 aliphatic heterocycles. The number of nitrogens with zero attached hydrogens (tertiary/aromatic N) is 1. The van der Waals surface area contributed by atoms with Crippen LogP contribution in [0.1, 0.15) is 5.56 Å². The molecular weight excluding hydrogens is 242 g/mol. The summed E-state index contributed by atoms with van der Waals surface area (Å²) in [6.07, 6.45) is 2.76. The fourth-order valence-electron chi connectivity index (χ4n) is 1.79. The minimum atomic E-state index is 0.195. The zero-order chi connectivity index (χ0) is 10.1. The van der Waals surface area contributed by atoms with Gasteiger partial charge in [0.15, 0.2) is 0 Å². The third-order valence-corrected chi connectivity index (χ3v) is 3.04. The molecule has 2 aromatic rings. The second-order valence-corrected chi connectivity index (χ2v) is 4.23. The van der Waals surface area contributed by atoms with Crippen molar-refractivity contribution in [3.05, 3.63) is 34.4 Å². The van der Waals surface area contributed by atoms with E-state index in [0.717, 1.165) is 4.47 Å². The van der Waals surface area contributed by atoms with Crippen molar-refractivity contribution in [2.24, 2.45) is 7.05 Å². The molecule has 0 amide bonds. The van der Waals surface area contributed by atoms with Crippen LogP contribution >= 0.6 is 15.9 Å². The minimum absolute atomic E-state index is 0.195. The molecule has 0 fully saturated rings. The largest absolute Gasteiger partial charge is 0.396 e. The first-order chi connectivity index (χ1) is 6.74. The lowest BCUT2D eigenvalue weighted by atomic mass is 10.1. The fraction of sp³-hybridized carbons (Fsp3) is 0.273. The Kier molecular flexibility index (Phi) is 2.61. The molecule has 3 heteroatoms. The van der Waals surface area contributed by atoms with Crippen molar-refractivity contribution in [3.8, 4) is 0 Å². The molecule has 14 heavy (non-hydrogen) atoms. The van der Waals surface area contributed by atoms with E-state index < -0.39 is 0 Å². The van der Waals surface area contributed by atoms with Gasteiger partial charge in [-0.05, 0) is 34.0 Å². The molecule has 0 saturated carbocycles. The van der Waals surface area contributed by atoms with Gasteiger partial charge in [0.2, 0.25) is 0 Å². The van der Waals surface area contributed by atoms with E-state index in [2.05, 4.69) is 32.6 Å². The number of aliphatic hydroxyl groups is 1. The summed E-state index contributed by atoms with van der Waals surface area (Å²) in [5, 5.41) is 10.2. The Bertz CT molecular complexity index is 462. The summed E-state index contributed by atoms with van der Waals surface area (Å²) in [5.41, 5.74) is 2.39. The van der Waals surface area contributed by atoms with Gasteiger partial charge in [0.25, 0.3) is 0 Å². The molecule has 0 radical (unpaired) electrons. The van der Waals surface area contributed by atoms with E-state index in [0.29, 0.717) is 6.42 Å². The molecule has 2 rings (SSSR count). The molecule has 0 spiro atoms. The first-order valence-corrected chi connectivity index (χ1v) is 5.36. The maximum Gasteiger partial charge on any atom is 0.0492 e. The number of hydrogen-bond donors (Lipinski definition) is 1. The van der Waals surface area contributed by atoms with Crippen molar-refractivity contribution in [2.45, 2.75) is 6.42 Å². The maximum atomic E-state index is 8.95. The first kappa shape index (κ1) is 9.74. The van der Waals surface area contributed by atoms with Crippen LogP contribution in [0, 0.1) is 0 Å². The van der Waals surface area contributed by atoms with Crippen LogP contribution in [0.15, 0.2) is 28.9 Å². The van der Waals surface area contributed by atoms with Gasteiger partial charge >= 0.3 is 0 Å². The Hall–Kier alpha value is -0.800. The second kappa shape index (κ2) is 3.75. The molecule has 1 aromatic carbocycles. The van der Waals surface area contributed by atoms with Crippen LogP contribution in [0.2, 0.25) is 0 Å². The Balaban J connectivity index is 2.72. The number of hydrogen-bond acceptors (Lipinski definition) is 1. The quantitative estimate of drug-likeness (QED) is 0.875. The molecular formula is C11H12BrNO. The Morgan fingerprint density at radius 3 is 2.93 bits per heavy atom. The average Bonchev–Trinajstić information content (AvgIpc) is 2.44. The summed E-state index contributed by atoms with van der Waals surface area (Å²) in [7, 11) is 2.02. The summed E-state index contributed by atoms with van der Waals surface area (Å²) in [6, 6.07) is 6.17. The highest BCUT2D eigenvalue weighted by atomic mass is 79.9. The van der Waals surface area contributed by atoms with Crippen LogP contribution in [0.4, 0.5) is 0 Å². The molecule has 0 saturated heterocycles. The van der Waals surface area contributed by atoms with Crippen LogP contribution < -0.4 is 0 Å². The minimum Gasteiger partial charge on any atom is -0.396 e. The summed E-state index contributed by atoms with van der Waals surface area (Å²) in [4.78, 5) is 0. The highest BCUT2D eigenvalue weighted by molar-refractivity contribution is 9.10. The van der Waals surface area contributed by atoms with Crippen molar-refractivity contribution in [3.63, 3.8) is 0 Å². The number of aliphatic hydroxyl groups excluding tert-OH is 1.